The Balaban J connectivity index is 1.73. The Bertz CT molecular complexity index is 1180. The fraction of sp³-hybridized carbons (Fsp3) is 0.357. The molecule has 34 heavy (non-hydrogen) atoms. The monoisotopic (exact) mass is 459 g/mol. The molecule has 0 radical (unpaired) electrons. The molecule has 0 spiro atoms. The summed E-state index contributed by atoms with van der Waals surface area (Å²) in [4.78, 5) is 43.4. The molecule has 1 aliphatic heterocycles. The third-order valence-corrected chi connectivity index (χ3v) is 6.47. The molecule has 0 bridgehead atoms. The molecule has 2 aliphatic rings. The highest BCUT2D eigenvalue weighted by Crippen LogP contribution is 2.48. The molecule has 176 valence electrons. The van der Waals surface area contributed by atoms with Crippen LogP contribution in [0.2, 0.25) is 0 Å². The van der Waals surface area contributed by atoms with E-state index in [1.807, 2.05) is 37.3 Å². The number of nitrogens with zero attached hydrogens (tertiary/aromatic N) is 1. The third-order valence-electron chi connectivity index (χ3n) is 6.47. The first kappa shape index (κ1) is 23.6. The lowest BCUT2D eigenvalue weighted by atomic mass is 9.67. The summed E-state index contributed by atoms with van der Waals surface area (Å²) in [5, 5.41) is 0. The second-order valence-electron chi connectivity index (χ2n) is 9.72. The van der Waals surface area contributed by atoms with Gasteiger partial charge in [-0.3, -0.25) is 14.6 Å². The Hall–Kier alpha value is -3.54. The van der Waals surface area contributed by atoms with Crippen molar-refractivity contribution in [3.63, 3.8) is 0 Å². The van der Waals surface area contributed by atoms with Crippen LogP contribution in [0.1, 0.15) is 61.0 Å². The zero-order chi connectivity index (χ0) is 24.5. The molecule has 1 aliphatic carbocycles. The predicted molar refractivity (Wildman–Crippen MR) is 128 cm³/mol. The minimum absolute atomic E-state index is 0.00500. The largest absolute Gasteiger partial charge is 0.465 e. The van der Waals surface area contributed by atoms with Gasteiger partial charge in [-0.1, -0.05) is 56.3 Å². The number of benzene rings is 2. The average Bonchev–Trinajstić information content (AvgIpc) is 2.81. The van der Waals surface area contributed by atoms with Gasteiger partial charge in [0.2, 0.25) is 0 Å². The molecule has 2 atom stereocenters. The van der Waals surface area contributed by atoms with E-state index < -0.39 is 23.8 Å². The molecule has 0 amide bonds. The molecule has 0 aromatic heterocycles. The summed E-state index contributed by atoms with van der Waals surface area (Å²) in [5.41, 5.74) is 3.81. The van der Waals surface area contributed by atoms with Crippen LogP contribution in [-0.4, -0.2) is 30.5 Å². The summed E-state index contributed by atoms with van der Waals surface area (Å²) in [5.74, 6) is -2.11. The van der Waals surface area contributed by atoms with Crippen LogP contribution < -0.4 is 0 Å². The van der Waals surface area contributed by atoms with Crippen molar-refractivity contribution in [1.82, 2.24) is 0 Å². The topological polar surface area (TPSA) is 82.0 Å². The van der Waals surface area contributed by atoms with Crippen molar-refractivity contribution in [1.29, 1.82) is 0 Å². The van der Waals surface area contributed by atoms with Crippen molar-refractivity contribution in [2.75, 3.05) is 7.11 Å². The average molecular weight is 460 g/mol. The smallest absolute Gasteiger partial charge is 0.337 e. The second kappa shape index (κ2) is 9.37. The molecule has 0 N–H and O–H groups in total. The van der Waals surface area contributed by atoms with Crippen LogP contribution in [0, 0.1) is 11.3 Å². The Morgan fingerprint density at radius 1 is 1.03 bits per heavy atom. The fourth-order valence-electron chi connectivity index (χ4n) is 4.87. The number of carbonyl (C=O) groups is 3. The molecule has 2 aromatic rings. The second-order valence-corrected chi connectivity index (χ2v) is 9.72. The fourth-order valence-corrected chi connectivity index (χ4v) is 4.87. The number of hydrogen-bond donors (Lipinski definition) is 0. The first-order valence-electron chi connectivity index (χ1n) is 11.4. The summed E-state index contributed by atoms with van der Waals surface area (Å²) in [7, 11) is 1.33. The predicted octanol–water partition coefficient (Wildman–Crippen LogP) is 5.03. The maximum absolute atomic E-state index is 13.4. The molecule has 6 heteroatoms. The molecule has 6 nitrogen and oxygen atoms in total. The zero-order valence-electron chi connectivity index (χ0n) is 20.0. The van der Waals surface area contributed by atoms with E-state index in [4.69, 9.17) is 14.5 Å². The summed E-state index contributed by atoms with van der Waals surface area (Å²) in [6.45, 7) is 6.07. The minimum atomic E-state index is -0.725. The number of ketones is 1. The first-order valence-corrected chi connectivity index (χ1v) is 11.4. The number of rotatable bonds is 5. The number of esters is 2. The van der Waals surface area contributed by atoms with Gasteiger partial charge in [0.1, 0.15) is 12.5 Å². The number of Topliss-reactive ketones (excluding diaryl/α,β-unsaturated/α-hetero) is 1. The van der Waals surface area contributed by atoms with Crippen LogP contribution in [0.25, 0.3) is 0 Å². The van der Waals surface area contributed by atoms with Crippen molar-refractivity contribution in [2.45, 2.75) is 46.1 Å². The Morgan fingerprint density at radius 2 is 1.71 bits per heavy atom. The molecule has 2 aromatic carbocycles. The number of ether oxygens (including phenoxy) is 2. The lowest BCUT2D eigenvalue weighted by molar-refractivity contribution is -0.148. The van der Waals surface area contributed by atoms with Crippen LogP contribution in [0.4, 0.5) is 0 Å². The van der Waals surface area contributed by atoms with Crippen molar-refractivity contribution >= 4 is 23.4 Å². The summed E-state index contributed by atoms with van der Waals surface area (Å²) in [6, 6.07) is 16.4. The molecule has 0 fully saturated rings. The molecule has 4 rings (SSSR count). The number of methoxy groups -OCH3 is 1. The summed E-state index contributed by atoms with van der Waals surface area (Å²) in [6.07, 6.45) is 1.05. The highest BCUT2D eigenvalue weighted by Gasteiger charge is 2.46. The van der Waals surface area contributed by atoms with Gasteiger partial charge in [-0.15, -0.1) is 0 Å². The maximum Gasteiger partial charge on any atom is 0.337 e. The van der Waals surface area contributed by atoms with Crippen LogP contribution >= 0.6 is 0 Å². The summed E-state index contributed by atoms with van der Waals surface area (Å²) < 4.78 is 10.5. The quantitative estimate of drug-likeness (QED) is 0.586. The van der Waals surface area contributed by atoms with Crippen LogP contribution in [0.15, 0.2) is 70.9 Å². The van der Waals surface area contributed by atoms with Crippen molar-refractivity contribution in [3.8, 4) is 0 Å². The lowest BCUT2D eigenvalue weighted by Gasteiger charge is -2.39. The van der Waals surface area contributed by atoms with E-state index in [1.54, 1.807) is 24.3 Å². The molecular formula is C28H29NO5. The van der Waals surface area contributed by atoms with Gasteiger partial charge in [-0.05, 0) is 42.0 Å². The van der Waals surface area contributed by atoms with E-state index in [0.29, 0.717) is 29.7 Å². The standard InChI is InChI=1S/C28H29NO5/c1-17-23(27(32)34-16-18-8-6-5-7-9-18)24(19-10-12-20(13-11-19)26(31)33-4)25-21(29-17)14-28(2,3)15-22(25)30/h5-13,23-24H,14-16H2,1-4H3/t23?,24-/m0/s1. The van der Waals surface area contributed by atoms with Gasteiger partial charge in [-0.25, -0.2) is 4.79 Å². The third kappa shape index (κ3) is 4.72. The van der Waals surface area contributed by atoms with Crippen molar-refractivity contribution in [3.05, 3.63) is 82.6 Å². The van der Waals surface area contributed by atoms with Gasteiger partial charge in [0.15, 0.2) is 5.78 Å². The molecule has 0 saturated carbocycles. The SMILES string of the molecule is COC(=O)c1ccc([C@@H]2C3=C(CC(C)(C)CC3=O)N=C(C)C2C(=O)OCc2ccccc2)cc1. The van der Waals surface area contributed by atoms with Crippen LogP contribution in [0.3, 0.4) is 0 Å². The number of carbonyl (C=O) groups excluding carboxylic acids is 3. The van der Waals surface area contributed by atoms with Crippen molar-refractivity contribution in [2.24, 2.45) is 16.3 Å². The maximum atomic E-state index is 13.4. The van der Waals surface area contributed by atoms with Gasteiger partial charge >= 0.3 is 11.9 Å². The van der Waals surface area contributed by atoms with Crippen LogP contribution in [-0.2, 0) is 25.7 Å². The van der Waals surface area contributed by atoms with E-state index in [1.165, 1.54) is 7.11 Å². The molecule has 0 saturated heterocycles. The Morgan fingerprint density at radius 3 is 2.35 bits per heavy atom. The van der Waals surface area contributed by atoms with Crippen molar-refractivity contribution < 1.29 is 23.9 Å². The van der Waals surface area contributed by atoms with E-state index in [9.17, 15) is 14.4 Å². The van der Waals surface area contributed by atoms with E-state index in [0.717, 1.165) is 16.8 Å². The molecular weight excluding hydrogens is 430 g/mol. The minimum Gasteiger partial charge on any atom is -0.465 e. The van der Waals surface area contributed by atoms with E-state index in [2.05, 4.69) is 13.8 Å². The van der Waals surface area contributed by atoms with Gasteiger partial charge < -0.3 is 9.47 Å². The zero-order valence-corrected chi connectivity index (χ0v) is 20.0. The number of allylic oxidation sites excluding steroid dienone is 2. The van der Waals surface area contributed by atoms with E-state index in [-0.39, 0.29) is 17.8 Å². The Kier molecular flexibility index (Phi) is 6.51. The number of hydrogen-bond acceptors (Lipinski definition) is 6. The molecule has 1 heterocycles. The first-order chi connectivity index (χ1) is 16.2. The lowest BCUT2D eigenvalue weighted by Crippen LogP contribution is -2.39. The number of aliphatic imine (C=N–C) groups is 1. The molecule has 1 unspecified atom stereocenters. The van der Waals surface area contributed by atoms with Gasteiger partial charge in [-0.2, -0.15) is 0 Å². The van der Waals surface area contributed by atoms with Gasteiger partial charge in [0, 0.05) is 29.3 Å². The van der Waals surface area contributed by atoms with E-state index >= 15 is 0 Å². The van der Waals surface area contributed by atoms with Gasteiger partial charge in [0.25, 0.3) is 0 Å². The normalized spacial score (nSPS) is 21.4. The highest BCUT2D eigenvalue weighted by atomic mass is 16.5. The Labute approximate surface area is 199 Å². The highest BCUT2D eigenvalue weighted by molar-refractivity contribution is 6.09. The van der Waals surface area contributed by atoms with Gasteiger partial charge in [0.05, 0.1) is 12.7 Å². The summed E-state index contributed by atoms with van der Waals surface area (Å²) >= 11 is 0. The van der Waals surface area contributed by atoms with Crippen LogP contribution in [0.5, 0.6) is 0 Å².